The van der Waals surface area contributed by atoms with Gasteiger partial charge in [0.05, 0.1) is 12.6 Å². The van der Waals surface area contributed by atoms with Crippen molar-refractivity contribution in [1.82, 2.24) is 36.0 Å². The number of hydrogen-bond acceptors (Lipinski definition) is 7. The maximum Gasteiger partial charge on any atom is 0.251 e. The number of rotatable bonds is 4. The Morgan fingerprint density at radius 1 is 0.915 bits per heavy atom. The van der Waals surface area contributed by atoms with Gasteiger partial charge in [-0.3, -0.25) is 19.2 Å². The molecular formula is C35H39N7O5. The first kappa shape index (κ1) is 32.9. The Bertz CT molecular complexity index is 1690. The van der Waals surface area contributed by atoms with Gasteiger partial charge >= 0.3 is 0 Å². The van der Waals surface area contributed by atoms with Crippen molar-refractivity contribution in [3.05, 3.63) is 102 Å². The topological polar surface area (TPSA) is 156 Å². The molecule has 0 saturated heterocycles. The third-order valence-electron chi connectivity index (χ3n) is 7.73. The average molecular weight is 638 g/mol. The van der Waals surface area contributed by atoms with Crippen LogP contribution in [0, 0.1) is 5.92 Å². The van der Waals surface area contributed by atoms with Crippen LogP contribution in [0.25, 0.3) is 11.4 Å². The number of amides is 4. The van der Waals surface area contributed by atoms with Crippen LogP contribution in [-0.2, 0) is 27.3 Å². The minimum absolute atomic E-state index is 0.128. The smallest absolute Gasteiger partial charge is 0.251 e. The molecule has 0 unspecified atom stereocenters. The van der Waals surface area contributed by atoms with Crippen molar-refractivity contribution in [2.45, 2.75) is 51.9 Å². The van der Waals surface area contributed by atoms with Crippen molar-refractivity contribution < 1.29 is 23.9 Å². The zero-order valence-electron chi connectivity index (χ0n) is 26.6. The first-order valence-corrected chi connectivity index (χ1v) is 15.6. The lowest BCUT2D eigenvalue weighted by Crippen LogP contribution is -2.56. The molecule has 12 nitrogen and oxygen atoms in total. The number of fused-ring (bicyclic) bond motifs is 14. The Labute approximate surface area is 273 Å². The lowest BCUT2D eigenvalue weighted by atomic mass is 10.00. The summed E-state index contributed by atoms with van der Waals surface area (Å²) in [6.07, 6.45) is 0.176. The average Bonchev–Trinajstić information content (AvgIpc) is 3.49. The zero-order chi connectivity index (χ0) is 33.3. The van der Waals surface area contributed by atoms with Gasteiger partial charge in [0.15, 0.2) is 5.82 Å². The van der Waals surface area contributed by atoms with E-state index in [4.69, 9.17) is 4.74 Å². The molecule has 0 radical (unpaired) electrons. The minimum Gasteiger partial charge on any atom is -0.492 e. The van der Waals surface area contributed by atoms with E-state index >= 15 is 0 Å². The summed E-state index contributed by atoms with van der Waals surface area (Å²) in [6.45, 7) is 5.75. The standard InChI is InChI=1S/C35H39N7O5/c1-22(2)30-35(46)37-23(3)32-40-31(25-10-6-4-7-11-25)41-42(32)21-29(43)36-18-19-47-27-16-14-24(15-17-27)20-28(34(45)39-30)38-33(44)26-12-8-5-9-13-26/h4-17,22-23,28,30H,18-21H2,1-3H3,(H,36,43)(H,37,46)(H,38,44)(H,39,45)/t23-,28-,30+/m0/s1. The van der Waals surface area contributed by atoms with Crippen LogP contribution in [0.4, 0.5) is 0 Å². The van der Waals surface area contributed by atoms with Crippen molar-refractivity contribution in [2.75, 3.05) is 13.2 Å². The summed E-state index contributed by atoms with van der Waals surface area (Å²) >= 11 is 0. The minimum atomic E-state index is -0.974. The van der Waals surface area contributed by atoms with Gasteiger partial charge < -0.3 is 26.0 Å². The van der Waals surface area contributed by atoms with Crippen molar-refractivity contribution >= 4 is 23.6 Å². The highest BCUT2D eigenvalue weighted by Gasteiger charge is 2.31. The van der Waals surface area contributed by atoms with E-state index in [0.29, 0.717) is 23.0 Å². The van der Waals surface area contributed by atoms with Crippen molar-refractivity contribution in [3.63, 3.8) is 0 Å². The third-order valence-corrected chi connectivity index (χ3v) is 7.73. The van der Waals surface area contributed by atoms with Gasteiger partial charge in [-0.25, -0.2) is 9.67 Å². The molecule has 3 aromatic carbocycles. The van der Waals surface area contributed by atoms with Crippen molar-refractivity contribution in [3.8, 4) is 17.1 Å². The van der Waals surface area contributed by atoms with E-state index in [1.165, 1.54) is 4.68 Å². The zero-order valence-corrected chi connectivity index (χ0v) is 26.6. The van der Waals surface area contributed by atoms with Crippen molar-refractivity contribution in [1.29, 1.82) is 0 Å². The molecular weight excluding hydrogens is 598 g/mol. The number of benzene rings is 3. The molecule has 6 rings (SSSR count). The van der Waals surface area contributed by atoms with E-state index in [-0.39, 0.29) is 37.9 Å². The van der Waals surface area contributed by atoms with Crippen molar-refractivity contribution in [2.24, 2.45) is 5.92 Å². The molecule has 0 spiro atoms. The second-order valence-electron chi connectivity index (χ2n) is 11.7. The molecule has 3 atom stereocenters. The van der Waals surface area contributed by atoms with E-state index in [1.54, 1.807) is 49.4 Å². The molecule has 2 aliphatic rings. The normalized spacial score (nSPS) is 19.5. The van der Waals surface area contributed by atoms with Gasteiger partial charge in [0, 0.05) is 17.5 Å². The Morgan fingerprint density at radius 2 is 1.60 bits per heavy atom. The van der Waals surface area contributed by atoms with E-state index in [0.717, 1.165) is 11.1 Å². The summed E-state index contributed by atoms with van der Waals surface area (Å²) in [5, 5.41) is 16.1. The van der Waals surface area contributed by atoms with Crippen LogP contribution in [0.5, 0.6) is 5.75 Å². The lowest BCUT2D eigenvalue weighted by Gasteiger charge is -2.27. The number of nitrogens with one attached hydrogen (secondary N) is 4. The highest BCUT2D eigenvalue weighted by Crippen LogP contribution is 2.20. The third kappa shape index (κ3) is 8.60. The Hall–Kier alpha value is -5.52. The number of ether oxygens (including phenoxy) is 1. The van der Waals surface area contributed by atoms with Gasteiger partial charge in [-0.1, -0.05) is 74.5 Å². The maximum atomic E-state index is 13.8. The van der Waals surface area contributed by atoms with Gasteiger partial charge in [-0.2, -0.15) is 5.10 Å². The van der Waals surface area contributed by atoms with Crippen LogP contribution < -0.4 is 26.0 Å². The van der Waals surface area contributed by atoms with Gasteiger partial charge in [0.25, 0.3) is 5.91 Å². The SMILES string of the molecule is CC(C)[C@H]1NC(=O)[C@@H](NC(=O)c2ccccc2)Cc2ccc(cc2)OCCNC(=O)Cn2nc(-c3ccccc3)nc2[C@H](C)NC1=O. The highest BCUT2D eigenvalue weighted by atomic mass is 16.5. The monoisotopic (exact) mass is 637 g/mol. The quantitative estimate of drug-likeness (QED) is 0.268. The number of nitrogens with zero attached hydrogens (tertiary/aromatic N) is 3. The molecule has 4 amide bonds. The fraction of sp³-hybridized carbons (Fsp3) is 0.314. The summed E-state index contributed by atoms with van der Waals surface area (Å²) in [5.74, 6) is -0.572. The fourth-order valence-corrected chi connectivity index (χ4v) is 5.21. The predicted octanol–water partition coefficient (Wildman–Crippen LogP) is 2.81. The molecule has 2 aliphatic heterocycles. The Kier molecular flexibility index (Phi) is 10.6. The molecule has 0 fully saturated rings. The van der Waals surface area contributed by atoms with E-state index < -0.39 is 35.8 Å². The van der Waals surface area contributed by atoms with Crippen LogP contribution in [0.3, 0.4) is 0 Å². The van der Waals surface area contributed by atoms with Crippen LogP contribution in [-0.4, -0.2) is 63.6 Å². The first-order valence-electron chi connectivity index (χ1n) is 15.6. The van der Waals surface area contributed by atoms with E-state index in [1.807, 2.05) is 56.3 Å². The second kappa shape index (κ2) is 15.2. The summed E-state index contributed by atoms with van der Waals surface area (Å²) in [4.78, 5) is 58.3. The molecule has 4 aromatic rings. The molecule has 2 bridgehead atoms. The number of carbonyl (C=O) groups excluding carboxylic acids is 4. The molecule has 47 heavy (non-hydrogen) atoms. The Balaban J connectivity index is 1.45. The molecule has 1 aromatic heterocycles. The van der Waals surface area contributed by atoms with E-state index in [9.17, 15) is 19.2 Å². The molecule has 0 aliphatic carbocycles. The summed E-state index contributed by atoms with van der Waals surface area (Å²) < 4.78 is 7.29. The molecule has 4 N–H and O–H groups in total. The van der Waals surface area contributed by atoms with Gasteiger partial charge in [0.2, 0.25) is 17.7 Å². The summed E-state index contributed by atoms with van der Waals surface area (Å²) in [6, 6.07) is 22.5. The van der Waals surface area contributed by atoms with Crippen LogP contribution in [0.15, 0.2) is 84.9 Å². The maximum absolute atomic E-state index is 13.8. The van der Waals surface area contributed by atoms with E-state index in [2.05, 4.69) is 31.3 Å². The Morgan fingerprint density at radius 3 is 2.28 bits per heavy atom. The number of carbonyl (C=O) groups is 4. The lowest BCUT2D eigenvalue weighted by molar-refractivity contribution is -0.131. The summed E-state index contributed by atoms with van der Waals surface area (Å²) in [5.41, 5.74) is 1.95. The molecule has 244 valence electrons. The van der Waals surface area contributed by atoms with Gasteiger partial charge in [0.1, 0.15) is 36.8 Å². The molecule has 3 heterocycles. The van der Waals surface area contributed by atoms with Gasteiger partial charge in [-0.05, 0) is 42.7 Å². The van der Waals surface area contributed by atoms with Crippen LogP contribution in [0.2, 0.25) is 0 Å². The van der Waals surface area contributed by atoms with Crippen LogP contribution >= 0.6 is 0 Å². The number of hydrogen-bond donors (Lipinski definition) is 4. The second-order valence-corrected chi connectivity index (χ2v) is 11.7. The number of aromatic nitrogens is 3. The largest absolute Gasteiger partial charge is 0.492 e. The summed E-state index contributed by atoms with van der Waals surface area (Å²) in [7, 11) is 0. The van der Waals surface area contributed by atoms with Crippen LogP contribution in [0.1, 0.15) is 48.6 Å². The first-order chi connectivity index (χ1) is 22.7. The fourth-order valence-electron chi connectivity index (χ4n) is 5.21. The van der Waals surface area contributed by atoms with Gasteiger partial charge in [-0.15, -0.1) is 0 Å². The molecule has 12 heteroatoms. The highest BCUT2D eigenvalue weighted by molar-refractivity contribution is 5.98. The predicted molar refractivity (Wildman–Crippen MR) is 175 cm³/mol. The molecule has 0 saturated carbocycles.